The van der Waals surface area contributed by atoms with Gasteiger partial charge in [-0.05, 0) is 48.2 Å². The van der Waals surface area contributed by atoms with Crippen molar-refractivity contribution in [3.05, 3.63) is 81.2 Å². The van der Waals surface area contributed by atoms with Crippen molar-refractivity contribution < 1.29 is 19.1 Å². The van der Waals surface area contributed by atoms with E-state index in [0.29, 0.717) is 39.7 Å². The highest BCUT2D eigenvalue weighted by Gasteiger charge is 2.38. The molecule has 1 atom stereocenters. The zero-order chi connectivity index (χ0) is 22.7. The maximum Gasteiger partial charge on any atom is 0.313 e. The summed E-state index contributed by atoms with van der Waals surface area (Å²) in [5.74, 6) is -1.54. The summed E-state index contributed by atoms with van der Waals surface area (Å²) in [4.78, 5) is 39.3. The first-order valence-electron chi connectivity index (χ1n) is 10.1. The van der Waals surface area contributed by atoms with Crippen LogP contribution in [-0.2, 0) is 27.2 Å². The number of carbonyl (C=O) groups excluding carboxylic acids is 3. The molecule has 2 aromatic carbocycles. The van der Waals surface area contributed by atoms with Crippen molar-refractivity contribution in [2.45, 2.75) is 25.2 Å². The third kappa shape index (κ3) is 4.69. The molecule has 1 unspecified atom stereocenters. The molecule has 1 aliphatic carbocycles. The first-order chi connectivity index (χ1) is 15.5. The summed E-state index contributed by atoms with van der Waals surface area (Å²) in [7, 11) is 1.34. The van der Waals surface area contributed by atoms with E-state index in [1.807, 2.05) is 30.3 Å². The highest BCUT2D eigenvalue weighted by atomic mass is 35.5. The molecular weight excluding hydrogens is 448 g/mol. The minimum Gasteiger partial charge on any atom is -0.469 e. The van der Waals surface area contributed by atoms with E-state index in [4.69, 9.17) is 16.3 Å². The first kappa shape index (κ1) is 22.0. The van der Waals surface area contributed by atoms with Gasteiger partial charge in [-0.2, -0.15) is 0 Å². The van der Waals surface area contributed by atoms with Crippen LogP contribution in [0.4, 0.5) is 10.7 Å². The largest absolute Gasteiger partial charge is 0.469 e. The summed E-state index contributed by atoms with van der Waals surface area (Å²) in [5, 5.41) is 6.73. The highest BCUT2D eigenvalue weighted by Crippen LogP contribution is 2.46. The Morgan fingerprint density at radius 3 is 2.47 bits per heavy atom. The van der Waals surface area contributed by atoms with Gasteiger partial charge in [-0.1, -0.05) is 41.9 Å². The number of benzene rings is 2. The summed E-state index contributed by atoms with van der Waals surface area (Å²) < 4.78 is 4.96. The number of methoxy groups -OCH3 is 1. The van der Waals surface area contributed by atoms with Gasteiger partial charge in [0.1, 0.15) is 5.00 Å². The van der Waals surface area contributed by atoms with E-state index in [1.54, 1.807) is 24.3 Å². The molecule has 3 aromatic rings. The average Bonchev–Trinajstić information content (AvgIpc) is 3.34. The van der Waals surface area contributed by atoms with Crippen LogP contribution in [0, 0.1) is 0 Å². The number of hydrogen-bond donors (Lipinski definition) is 2. The van der Waals surface area contributed by atoms with Crippen LogP contribution in [0.3, 0.4) is 0 Å². The van der Waals surface area contributed by atoms with Crippen molar-refractivity contribution >= 4 is 51.4 Å². The maximum absolute atomic E-state index is 13.3. The highest BCUT2D eigenvalue weighted by molar-refractivity contribution is 7.17. The van der Waals surface area contributed by atoms with Crippen LogP contribution in [0.2, 0.25) is 5.02 Å². The number of thiophene rings is 1. The number of hydrogen-bond acceptors (Lipinski definition) is 5. The molecule has 0 bridgehead atoms. The van der Waals surface area contributed by atoms with Gasteiger partial charge in [0.2, 0.25) is 5.91 Å². The summed E-state index contributed by atoms with van der Waals surface area (Å²) in [6.07, 6.45) is 1.41. The molecule has 0 fully saturated rings. The molecule has 164 valence electrons. The Bertz CT molecular complexity index is 1160. The van der Waals surface area contributed by atoms with Crippen molar-refractivity contribution in [1.29, 1.82) is 0 Å². The van der Waals surface area contributed by atoms with Crippen molar-refractivity contribution in [3.63, 3.8) is 0 Å². The topological polar surface area (TPSA) is 84.5 Å². The van der Waals surface area contributed by atoms with Crippen LogP contribution in [0.25, 0.3) is 0 Å². The number of carbonyl (C=O) groups is 3. The van der Waals surface area contributed by atoms with Crippen LogP contribution in [0.15, 0.2) is 54.6 Å². The molecule has 2 N–H and O–H groups in total. The lowest BCUT2D eigenvalue weighted by Crippen LogP contribution is -2.21. The number of aryl methyl sites for hydroxylation is 1. The molecule has 2 amide bonds. The Balaban J connectivity index is 1.65. The molecule has 0 radical (unpaired) electrons. The number of rotatable bonds is 6. The zero-order valence-corrected chi connectivity index (χ0v) is 18.9. The van der Waals surface area contributed by atoms with Gasteiger partial charge in [0.05, 0.1) is 25.0 Å². The van der Waals surface area contributed by atoms with Gasteiger partial charge < -0.3 is 15.4 Å². The van der Waals surface area contributed by atoms with E-state index in [-0.39, 0.29) is 18.3 Å². The fourth-order valence-electron chi connectivity index (χ4n) is 3.84. The molecule has 32 heavy (non-hydrogen) atoms. The molecular formula is C24H21ClN2O4S. The Morgan fingerprint density at radius 1 is 1.06 bits per heavy atom. The van der Waals surface area contributed by atoms with Crippen molar-refractivity contribution in [2.24, 2.45) is 0 Å². The number of amides is 2. The monoisotopic (exact) mass is 468 g/mol. The van der Waals surface area contributed by atoms with Crippen molar-refractivity contribution in [1.82, 2.24) is 0 Å². The molecule has 0 saturated carbocycles. The van der Waals surface area contributed by atoms with Crippen LogP contribution >= 0.6 is 22.9 Å². The summed E-state index contributed by atoms with van der Waals surface area (Å²) in [6, 6.07) is 16.1. The molecule has 1 aliphatic rings. The quantitative estimate of drug-likeness (QED) is 0.496. The Kier molecular flexibility index (Phi) is 6.58. The third-order valence-corrected chi connectivity index (χ3v) is 6.74. The second-order valence-corrected chi connectivity index (χ2v) is 8.97. The molecule has 0 saturated heterocycles. The molecule has 8 heteroatoms. The van der Waals surface area contributed by atoms with E-state index in [9.17, 15) is 14.4 Å². The molecule has 0 aliphatic heterocycles. The number of ether oxygens (including phenoxy) is 1. The van der Waals surface area contributed by atoms with Gasteiger partial charge in [-0.15, -0.1) is 11.3 Å². The SMILES string of the molecule is COC(=O)C1CCc2sc(NC(=O)Cc3ccccc3)c(C(=O)Nc3ccc(Cl)cc3)c21. The lowest BCUT2D eigenvalue weighted by Gasteiger charge is -2.13. The van der Waals surface area contributed by atoms with Crippen LogP contribution < -0.4 is 10.6 Å². The molecule has 1 aromatic heterocycles. The first-order valence-corrected chi connectivity index (χ1v) is 11.3. The minimum absolute atomic E-state index is 0.183. The van der Waals surface area contributed by atoms with Gasteiger partial charge in [0, 0.05) is 15.6 Å². The fraction of sp³-hybridized carbons (Fsp3) is 0.208. The number of fused-ring (bicyclic) bond motifs is 1. The number of esters is 1. The summed E-state index contributed by atoms with van der Waals surface area (Å²) in [6.45, 7) is 0. The standard InChI is InChI=1S/C24H21ClN2O4S/c1-31-24(30)17-11-12-18-20(17)21(22(29)26-16-9-7-15(25)8-10-16)23(32-18)27-19(28)13-14-5-3-2-4-6-14/h2-10,17H,11-13H2,1H3,(H,26,29)(H,27,28). The second-order valence-electron chi connectivity index (χ2n) is 7.43. The van der Waals surface area contributed by atoms with E-state index in [1.165, 1.54) is 18.4 Å². The van der Waals surface area contributed by atoms with Crippen LogP contribution in [-0.4, -0.2) is 24.9 Å². The number of halogens is 1. The van der Waals surface area contributed by atoms with Gasteiger partial charge in [-0.25, -0.2) is 0 Å². The molecule has 1 heterocycles. The van der Waals surface area contributed by atoms with Crippen LogP contribution in [0.5, 0.6) is 0 Å². The summed E-state index contributed by atoms with van der Waals surface area (Å²) >= 11 is 7.27. The third-order valence-electron chi connectivity index (χ3n) is 5.31. The van der Waals surface area contributed by atoms with Gasteiger partial charge in [-0.3, -0.25) is 14.4 Å². The predicted octanol–water partition coefficient (Wildman–Crippen LogP) is 5.04. The smallest absolute Gasteiger partial charge is 0.313 e. The van der Waals surface area contributed by atoms with Crippen LogP contribution in [0.1, 0.15) is 38.7 Å². The van der Waals surface area contributed by atoms with Gasteiger partial charge in [0.15, 0.2) is 0 Å². The Morgan fingerprint density at radius 2 is 1.78 bits per heavy atom. The predicted molar refractivity (Wildman–Crippen MR) is 126 cm³/mol. The molecule has 4 rings (SSSR count). The van der Waals surface area contributed by atoms with Gasteiger partial charge in [0.25, 0.3) is 5.91 Å². The molecule has 0 spiro atoms. The maximum atomic E-state index is 13.3. The summed E-state index contributed by atoms with van der Waals surface area (Å²) in [5.41, 5.74) is 2.39. The normalized spacial score (nSPS) is 14.5. The van der Waals surface area contributed by atoms with E-state index in [0.717, 1.165) is 10.4 Å². The Hall–Kier alpha value is -3.16. The number of anilines is 2. The van der Waals surface area contributed by atoms with E-state index >= 15 is 0 Å². The average molecular weight is 469 g/mol. The lowest BCUT2D eigenvalue weighted by atomic mass is 9.98. The van der Waals surface area contributed by atoms with Crippen molar-refractivity contribution in [3.8, 4) is 0 Å². The molecule has 6 nitrogen and oxygen atoms in total. The Labute approximate surface area is 194 Å². The van der Waals surface area contributed by atoms with Crippen molar-refractivity contribution in [2.75, 3.05) is 17.7 Å². The fourth-order valence-corrected chi connectivity index (χ4v) is 5.25. The van der Waals surface area contributed by atoms with E-state index in [2.05, 4.69) is 10.6 Å². The number of nitrogens with one attached hydrogen (secondary N) is 2. The zero-order valence-electron chi connectivity index (χ0n) is 17.3. The minimum atomic E-state index is -0.531. The lowest BCUT2D eigenvalue weighted by molar-refractivity contribution is -0.142. The second kappa shape index (κ2) is 9.54. The van der Waals surface area contributed by atoms with Gasteiger partial charge >= 0.3 is 5.97 Å². The van der Waals surface area contributed by atoms with E-state index < -0.39 is 11.8 Å².